The number of aromatic amines is 2. The molecule has 0 aliphatic rings. The van der Waals surface area contributed by atoms with Crippen molar-refractivity contribution >= 4 is 23.5 Å². The van der Waals surface area contributed by atoms with Crippen LogP contribution in [-0.4, -0.2) is 28.4 Å². The summed E-state index contributed by atoms with van der Waals surface area (Å²) in [5.74, 6) is 0.783. The predicted molar refractivity (Wildman–Crippen MR) is 95.6 cm³/mol. The molecule has 0 aliphatic carbocycles. The number of aromatic nitrogens is 2. The molecule has 0 fully saturated rings. The van der Waals surface area contributed by atoms with Gasteiger partial charge in [0, 0.05) is 12.2 Å². The van der Waals surface area contributed by atoms with E-state index in [1.165, 1.54) is 6.21 Å². The number of hydrogen-bond donors (Lipinski definition) is 4. The molecule has 4 N–H and O–H groups in total. The molecular formula is C15H17N5O3S. The van der Waals surface area contributed by atoms with Crippen LogP contribution in [0.3, 0.4) is 0 Å². The summed E-state index contributed by atoms with van der Waals surface area (Å²) in [4.78, 5) is 27.4. The highest BCUT2D eigenvalue weighted by atomic mass is 32.1. The Morgan fingerprint density at radius 2 is 2.00 bits per heavy atom. The number of nitrogens with zero attached hydrogens (tertiary/aromatic N) is 1. The van der Waals surface area contributed by atoms with E-state index in [1.807, 2.05) is 24.3 Å². The van der Waals surface area contributed by atoms with Crippen LogP contribution in [0.4, 0.5) is 0 Å². The summed E-state index contributed by atoms with van der Waals surface area (Å²) in [6, 6.07) is 7.55. The minimum Gasteiger partial charge on any atom is -0.497 e. The molecule has 8 nitrogen and oxygen atoms in total. The van der Waals surface area contributed by atoms with Gasteiger partial charge >= 0.3 is 5.69 Å². The molecule has 0 unspecified atom stereocenters. The van der Waals surface area contributed by atoms with Gasteiger partial charge in [-0.25, -0.2) is 4.79 Å². The van der Waals surface area contributed by atoms with Gasteiger partial charge in [0.1, 0.15) is 5.75 Å². The molecule has 2 rings (SSSR count). The first-order chi connectivity index (χ1) is 11.5. The molecule has 0 atom stereocenters. The Bertz CT molecular complexity index is 855. The molecule has 0 spiro atoms. The zero-order chi connectivity index (χ0) is 17.5. The van der Waals surface area contributed by atoms with Crippen LogP contribution in [0.5, 0.6) is 5.75 Å². The minimum atomic E-state index is -0.556. The van der Waals surface area contributed by atoms with Crippen LogP contribution in [0.1, 0.15) is 16.8 Å². The third kappa shape index (κ3) is 4.78. The van der Waals surface area contributed by atoms with Crippen LogP contribution in [0.15, 0.2) is 39.0 Å². The molecule has 1 heterocycles. The van der Waals surface area contributed by atoms with Crippen LogP contribution in [-0.2, 0) is 6.54 Å². The predicted octanol–water partition coefficient (Wildman–Crippen LogP) is 0.378. The first kappa shape index (κ1) is 17.4. The molecule has 9 heteroatoms. The maximum absolute atomic E-state index is 11.6. The first-order valence-electron chi connectivity index (χ1n) is 7.02. The van der Waals surface area contributed by atoms with Gasteiger partial charge < -0.3 is 15.0 Å². The van der Waals surface area contributed by atoms with Gasteiger partial charge in [-0.2, -0.15) is 5.10 Å². The Kier molecular flexibility index (Phi) is 5.85. The van der Waals surface area contributed by atoms with Crippen molar-refractivity contribution in [3.63, 3.8) is 0 Å². The monoisotopic (exact) mass is 347 g/mol. The van der Waals surface area contributed by atoms with E-state index < -0.39 is 11.2 Å². The number of ether oxygens (including phenoxy) is 1. The molecule has 1 aromatic heterocycles. The van der Waals surface area contributed by atoms with Crippen molar-refractivity contribution in [2.45, 2.75) is 13.5 Å². The van der Waals surface area contributed by atoms with Crippen LogP contribution in [0, 0.1) is 6.92 Å². The lowest BCUT2D eigenvalue weighted by atomic mass is 10.2. The Morgan fingerprint density at radius 1 is 1.29 bits per heavy atom. The third-order valence-corrected chi connectivity index (χ3v) is 3.38. The van der Waals surface area contributed by atoms with Gasteiger partial charge in [0.25, 0.3) is 5.56 Å². The van der Waals surface area contributed by atoms with Crippen LogP contribution in [0.25, 0.3) is 0 Å². The van der Waals surface area contributed by atoms with Crippen molar-refractivity contribution in [3.8, 4) is 5.75 Å². The number of methoxy groups -OCH3 is 1. The molecule has 0 radical (unpaired) electrons. The average molecular weight is 347 g/mol. The summed E-state index contributed by atoms with van der Waals surface area (Å²) >= 11 is 5.10. The van der Waals surface area contributed by atoms with Gasteiger partial charge in [-0.05, 0) is 36.8 Å². The fourth-order valence-corrected chi connectivity index (χ4v) is 2.01. The molecule has 0 saturated heterocycles. The molecule has 0 amide bonds. The number of H-pyrrole nitrogens is 2. The van der Waals surface area contributed by atoms with Gasteiger partial charge in [-0.15, -0.1) is 0 Å². The SMILES string of the molecule is COc1ccc(CNC(=S)NN=Cc2c(C)[nH]c(=O)[nH]c2=O)cc1. The molecule has 0 saturated carbocycles. The summed E-state index contributed by atoms with van der Waals surface area (Å²) in [5, 5.41) is 7.18. The lowest BCUT2D eigenvalue weighted by Gasteiger charge is -2.07. The molecule has 126 valence electrons. The maximum atomic E-state index is 11.6. The summed E-state index contributed by atoms with van der Waals surface area (Å²) in [6.45, 7) is 2.13. The lowest BCUT2D eigenvalue weighted by molar-refractivity contribution is 0.414. The maximum Gasteiger partial charge on any atom is 0.325 e. The summed E-state index contributed by atoms with van der Waals surface area (Å²) in [6.07, 6.45) is 1.30. The molecular weight excluding hydrogens is 330 g/mol. The smallest absolute Gasteiger partial charge is 0.325 e. The number of rotatable bonds is 5. The zero-order valence-corrected chi connectivity index (χ0v) is 14.0. The van der Waals surface area contributed by atoms with E-state index in [1.54, 1.807) is 14.0 Å². The number of thiocarbonyl (C=S) groups is 1. The normalized spacial score (nSPS) is 10.6. The number of nitrogens with one attached hydrogen (secondary N) is 4. The second kappa shape index (κ2) is 8.06. The Morgan fingerprint density at radius 3 is 2.62 bits per heavy atom. The molecule has 0 bridgehead atoms. The quantitative estimate of drug-likeness (QED) is 0.353. The first-order valence-corrected chi connectivity index (χ1v) is 7.43. The van der Waals surface area contributed by atoms with E-state index in [0.29, 0.717) is 17.4 Å². The third-order valence-electron chi connectivity index (χ3n) is 3.15. The summed E-state index contributed by atoms with van der Waals surface area (Å²) in [5.41, 5.74) is 3.24. The van der Waals surface area contributed by atoms with Crippen molar-refractivity contribution in [3.05, 3.63) is 61.9 Å². The van der Waals surface area contributed by atoms with Crippen molar-refractivity contribution < 1.29 is 4.74 Å². The molecule has 24 heavy (non-hydrogen) atoms. The molecule has 0 aliphatic heterocycles. The van der Waals surface area contributed by atoms with Crippen LogP contribution >= 0.6 is 12.2 Å². The van der Waals surface area contributed by atoms with Crippen molar-refractivity contribution in [2.24, 2.45) is 5.10 Å². The van der Waals surface area contributed by atoms with E-state index in [0.717, 1.165) is 11.3 Å². The standard InChI is InChI=1S/C15H17N5O3S/c1-9-12(13(21)19-14(22)18-9)8-17-20-15(24)16-7-10-3-5-11(23-2)6-4-10/h3-6,8H,7H2,1-2H3,(H2,16,20,24)(H2,18,19,21,22). The van der Waals surface area contributed by atoms with E-state index >= 15 is 0 Å². The number of hydrogen-bond acceptors (Lipinski definition) is 5. The van der Waals surface area contributed by atoms with Crippen molar-refractivity contribution in [2.75, 3.05) is 7.11 Å². The van der Waals surface area contributed by atoms with Crippen LogP contribution < -0.4 is 26.7 Å². The summed E-state index contributed by atoms with van der Waals surface area (Å²) < 4.78 is 5.09. The lowest BCUT2D eigenvalue weighted by Crippen LogP contribution is -2.32. The van der Waals surface area contributed by atoms with Gasteiger partial charge in [0.2, 0.25) is 0 Å². The number of aryl methyl sites for hydroxylation is 1. The highest BCUT2D eigenvalue weighted by Crippen LogP contribution is 2.10. The van der Waals surface area contributed by atoms with Gasteiger partial charge in [-0.3, -0.25) is 15.2 Å². The highest BCUT2D eigenvalue weighted by Gasteiger charge is 2.02. The minimum absolute atomic E-state index is 0.250. The Labute approximate surface area is 143 Å². The van der Waals surface area contributed by atoms with Gasteiger partial charge in [0.15, 0.2) is 5.11 Å². The average Bonchev–Trinajstić information content (AvgIpc) is 2.55. The Hall–Kier alpha value is -2.94. The van der Waals surface area contributed by atoms with Gasteiger partial charge in [0.05, 0.1) is 18.9 Å². The van der Waals surface area contributed by atoms with Crippen LogP contribution in [0.2, 0.25) is 0 Å². The van der Waals surface area contributed by atoms with E-state index in [4.69, 9.17) is 17.0 Å². The fraction of sp³-hybridized carbons (Fsp3) is 0.200. The molecule has 1 aromatic carbocycles. The highest BCUT2D eigenvalue weighted by molar-refractivity contribution is 7.80. The fourth-order valence-electron chi connectivity index (χ4n) is 1.89. The number of benzene rings is 1. The zero-order valence-electron chi connectivity index (χ0n) is 13.2. The number of hydrazone groups is 1. The van der Waals surface area contributed by atoms with E-state index in [9.17, 15) is 9.59 Å². The van der Waals surface area contributed by atoms with E-state index in [-0.39, 0.29) is 5.56 Å². The topological polar surface area (TPSA) is 111 Å². The molecule has 2 aromatic rings. The van der Waals surface area contributed by atoms with Crippen molar-refractivity contribution in [1.82, 2.24) is 20.7 Å². The van der Waals surface area contributed by atoms with Gasteiger partial charge in [-0.1, -0.05) is 12.1 Å². The van der Waals surface area contributed by atoms with Crippen molar-refractivity contribution in [1.29, 1.82) is 0 Å². The van der Waals surface area contributed by atoms with E-state index in [2.05, 4.69) is 25.8 Å². The Balaban J connectivity index is 1.89. The second-order valence-corrected chi connectivity index (χ2v) is 5.26. The largest absolute Gasteiger partial charge is 0.497 e. The summed E-state index contributed by atoms with van der Waals surface area (Å²) in [7, 11) is 1.61. The second-order valence-electron chi connectivity index (χ2n) is 4.85.